The van der Waals surface area contributed by atoms with Gasteiger partial charge in [-0.1, -0.05) is 20.8 Å². The van der Waals surface area contributed by atoms with E-state index in [2.05, 4.69) is 42.8 Å². The minimum absolute atomic E-state index is 0.766. The van der Waals surface area contributed by atoms with Crippen molar-refractivity contribution >= 4 is 0 Å². The van der Waals surface area contributed by atoms with Crippen molar-refractivity contribution in [2.24, 2.45) is 5.92 Å². The highest BCUT2D eigenvalue weighted by atomic mass is 15.3. The summed E-state index contributed by atoms with van der Waals surface area (Å²) in [6.07, 6.45) is 3.94. The lowest BCUT2D eigenvalue weighted by Crippen LogP contribution is -2.49. The van der Waals surface area contributed by atoms with Gasteiger partial charge in [-0.2, -0.15) is 0 Å². The van der Waals surface area contributed by atoms with Crippen LogP contribution in [0.25, 0.3) is 0 Å². The molecule has 1 rings (SSSR count). The topological polar surface area (TPSA) is 18.5 Å². The molecule has 0 bridgehead atoms. The van der Waals surface area contributed by atoms with Gasteiger partial charge in [0.2, 0.25) is 0 Å². The number of nitrogens with zero attached hydrogens (tertiary/aromatic N) is 2. The largest absolute Gasteiger partial charge is 0.316 e. The zero-order valence-electron chi connectivity index (χ0n) is 13.6. The summed E-state index contributed by atoms with van der Waals surface area (Å²) in [6, 6.07) is 0.766. The normalized spacial score (nSPS) is 20.1. The van der Waals surface area contributed by atoms with E-state index in [1.807, 2.05) is 0 Å². The first-order valence-electron chi connectivity index (χ1n) is 8.30. The van der Waals surface area contributed by atoms with Crippen molar-refractivity contribution in [3.8, 4) is 0 Å². The maximum atomic E-state index is 3.53. The summed E-state index contributed by atoms with van der Waals surface area (Å²) in [5, 5.41) is 3.53. The summed E-state index contributed by atoms with van der Waals surface area (Å²) in [4.78, 5) is 5.28. The molecule has 114 valence electrons. The number of piperazine rings is 1. The molecule has 1 unspecified atom stereocenters. The van der Waals surface area contributed by atoms with Crippen molar-refractivity contribution in [1.29, 1.82) is 0 Å². The number of hydrogen-bond donors (Lipinski definition) is 1. The molecule has 0 radical (unpaired) electrons. The fraction of sp³-hybridized carbons (Fsp3) is 1.00. The Labute approximate surface area is 120 Å². The van der Waals surface area contributed by atoms with Crippen molar-refractivity contribution in [1.82, 2.24) is 15.1 Å². The monoisotopic (exact) mass is 269 g/mol. The SMILES string of the molecule is CCC(C)N1CCN(CCCCNCC(C)C)CC1. The molecule has 1 heterocycles. The molecule has 19 heavy (non-hydrogen) atoms. The van der Waals surface area contributed by atoms with Crippen molar-refractivity contribution in [3.63, 3.8) is 0 Å². The Morgan fingerprint density at radius 3 is 2.26 bits per heavy atom. The summed E-state index contributed by atoms with van der Waals surface area (Å²) in [5.74, 6) is 0.772. The van der Waals surface area contributed by atoms with Gasteiger partial charge in [0, 0.05) is 32.2 Å². The smallest absolute Gasteiger partial charge is 0.0113 e. The molecule has 0 aromatic carbocycles. The van der Waals surface area contributed by atoms with E-state index in [-0.39, 0.29) is 0 Å². The maximum Gasteiger partial charge on any atom is 0.0113 e. The number of unbranched alkanes of at least 4 members (excludes halogenated alkanes) is 1. The second-order valence-electron chi connectivity index (χ2n) is 6.44. The molecule has 0 aromatic rings. The average molecular weight is 269 g/mol. The molecule has 1 N–H and O–H groups in total. The van der Waals surface area contributed by atoms with Crippen LogP contribution >= 0.6 is 0 Å². The Bertz CT molecular complexity index is 210. The first kappa shape index (κ1) is 16.9. The van der Waals surface area contributed by atoms with Crippen LogP contribution in [0.2, 0.25) is 0 Å². The number of hydrogen-bond acceptors (Lipinski definition) is 3. The van der Waals surface area contributed by atoms with Crippen LogP contribution in [-0.2, 0) is 0 Å². The second kappa shape index (κ2) is 9.73. The molecule has 0 spiro atoms. The number of nitrogens with one attached hydrogen (secondary N) is 1. The van der Waals surface area contributed by atoms with Crippen LogP contribution in [0, 0.1) is 5.92 Å². The van der Waals surface area contributed by atoms with Crippen molar-refractivity contribution in [2.75, 3.05) is 45.8 Å². The lowest BCUT2D eigenvalue weighted by atomic mass is 10.2. The first-order valence-corrected chi connectivity index (χ1v) is 8.30. The van der Waals surface area contributed by atoms with Gasteiger partial charge in [0.15, 0.2) is 0 Å². The van der Waals surface area contributed by atoms with Crippen LogP contribution in [0.1, 0.15) is 47.0 Å². The molecule has 1 aliphatic heterocycles. The summed E-state index contributed by atoms with van der Waals surface area (Å²) in [6.45, 7) is 17.9. The number of rotatable bonds is 9. The van der Waals surface area contributed by atoms with Crippen LogP contribution in [0.15, 0.2) is 0 Å². The van der Waals surface area contributed by atoms with Crippen molar-refractivity contribution in [3.05, 3.63) is 0 Å². The molecule has 3 nitrogen and oxygen atoms in total. The first-order chi connectivity index (χ1) is 9.13. The highest BCUT2D eigenvalue weighted by molar-refractivity contribution is 4.75. The molecule has 0 saturated carbocycles. The van der Waals surface area contributed by atoms with Crippen molar-refractivity contribution < 1.29 is 0 Å². The van der Waals surface area contributed by atoms with Gasteiger partial charge in [0.05, 0.1) is 0 Å². The molecule has 0 aromatic heterocycles. The van der Waals surface area contributed by atoms with E-state index in [0.717, 1.165) is 18.5 Å². The van der Waals surface area contributed by atoms with E-state index in [0.29, 0.717) is 0 Å². The predicted molar refractivity (Wildman–Crippen MR) is 84.7 cm³/mol. The lowest BCUT2D eigenvalue weighted by molar-refractivity contribution is 0.0995. The lowest BCUT2D eigenvalue weighted by Gasteiger charge is -2.37. The third-order valence-electron chi connectivity index (χ3n) is 4.25. The van der Waals surface area contributed by atoms with Crippen molar-refractivity contribution in [2.45, 2.75) is 53.0 Å². The third kappa shape index (κ3) is 7.28. The highest BCUT2D eigenvalue weighted by Gasteiger charge is 2.19. The van der Waals surface area contributed by atoms with Gasteiger partial charge in [-0.15, -0.1) is 0 Å². The Morgan fingerprint density at radius 1 is 1.00 bits per heavy atom. The summed E-state index contributed by atoms with van der Waals surface area (Å²) < 4.78 is 0. The highest BCUT2D eigenvalue weighted by Crippen LogP contribution is 2.09. The molecule has 1 fully saturated rings. The Hall–Kier alpha value is -0.120. The van der Waals surface area contributed by atoms with E-state index in [1.54, 1.807) is 0 Å². The Morgan fingerprint density at radius 2 is 1.68 bits per heavy atom. The predicted octanol–water partition coefficient (Wildman–Crippen LogP) is 2.43. The molecule has 3 heteroatoms. The van der Waals surface area contributed by atoms with E-state index >= 15 is 0 Å². The maximum absolute atomic E-state index is 3.53. The van der Waals surface area contributed by atoms with Gasteiger partial charge >= 0.3 is 0 Å². The molecule has 1 aliphatic rings. The van der Waals surface area contributed by atoms with Crippen LogP contribution < -0.4 is 5.32 Å². The summed E-state index contributed by atoms with van der Waals surface area (Å²) >= 11 is 0. The minimum atomic E-state index is 0.766. The van der Waals surface area contributed by atoms with Crippen LogP contribution in [0.4, 0.5) is 0 Å². The van der Waals surface area contributed by atoms with E-state index in [4.69, 9.17) is 0 Å². The molecule has 1 atom stereocenters. The quantitative estimate of drug-likeness (QED) is 0.649. The fourth-order valence-electron chi connectivity index (χ4n) is 2.66. The minimum Gasteiger partial charge on any atom is -0.316 e. The van der Waals surface area contributed by atoms with Crippen LogP contribution in [-0.4, -0.2) is 61.7 Å². The molecule has 0 aliphatic carbocycles. The summed E-state index contributed by atoms with van der Waals surface area (Å²) in [7, 11) is 0. The molecule has 1 saturated heterocycles. The van der Waals surface area contributed by atoms with Crippen LogP contribution in [0.5, 0.6) is 0 Å². The fourth-order valence-corrected chi connectivity index (χ4v) is 2.66. The zero-order valence-corrected chi connectivity index (χ0v) is 13.6. The molecular formula is C16H35N3. The molecule has 0 amide bonds. The van der Waals surface area contributed by atoms with Gasteiger partial charge in [-0.05, 0) is 51.7 Å². The van der Waals surface area contributed by atoms with E-state index in [9.17, 15) is 0 Å². The van der Waals surface area contributed by atoms with Gasteiger partial charge in [-0.3, -0.25) is 4.90 Å². The Balaban J connectivity index is 1.98. The van der Waals surface area contributed by atoms with Gasteiger partial charge < -0.3 is 10.2 Å². The van der Waals surface area contributed by atoms with E-state index in [1.165, 1.54) is 58.5 Å². The third-order valence-corrected chi connectivity index (χ3v) is 4.25. The summed E-state index contributed by atoms with van der Waals surface area (Å²) in [5.41, 5.74) is 0. The second-order valence-corrected chi connectivity index (χ2v) is 6.44. The van der Waals surface area contributed by atoms with Gasteiger partial charge in [0.1, 0.15) is 0 Å². The average Bonchev–Trinajstić information content (AvgIpc) is 2.42. The van der Waals surface area contributed by atoms with Gasteiger partial charge in [0.25, 0.3) is 0 Å². The standard InChI is InChI=1S/C16H35N3/c1-5-16(4)19-12-10-18(11-13-19)9-7-6-8-17-14-15(2)3/h15-17H,5-14H2,1-4H3. The Kier molecular flexibility index (Phi) is 8.67. The molecular weight excluding hydrogens is 234 g/mol. The van der Waals surface area contributed by atoms with Crippen LogP contribution in [0.3, 0.4) is 0 Å². The van der Waals surface area contributed by atoms with E-state index < -0.39 is 0 Å². The van der Waals surface area contributed by atoms with Gasteiger partial charge in [-0.25, -0.2) is 0 Å². The zero-order chi connectivity index (χ0) is 14.1.